The summed E-state index contributed by atoms with van der Waals surface area (Å²) in [5.74, 6) is 1.08. The van der Waals surface area contributed by atoms with Crippen LogP contribution in [0.3, 0.4) is 0 Å². The topological polar surface area (TPSA) is 59.4 Å². The molecule has 5 nitrogen and oxygen atoms in total. The van der Waals surface area contributed by atoms with Gasteiger partial charge in [0, 0.05) is 11.6 Å². The molecule has 0 bridgehead atoms. The van der Waals surface area contributed by atoms with Crippen molar-refractivity contribution in [3.63, 3.8) is 0 Å². The first-order chi connectivity index (χ1) is 16.7. The van der Waals surface area contributed by atoms with E-state index < -0.39 is 17.4 Å². The molecule has 0 amide bonds. The molecule has 0 fully saturated rings. The predicted octanol–water partition coefficient (Wildman–Crippen LogP) is 7.47. The Morgan fingerprint density at radius 2 is 1.57 bits per heavy atom. The van der Waals surface area contributed by atoms with E-state index in [2.05, 4.69) is 10.1 Å². The zero-order chi connectivity index (χ0) is 24.7. The fraction of sp³-hybridized carbons (Fsp3) is 0.0400. The summed E-state index contributed by atoms with van der Waals surface area (Å²) in [4.78, 5) is 17.3. The second-order valence-electron chi connectivity index (χ2n) is 7.57. The first-order valence-electron chi connectivity index (χ1n) is 10.2. The fourth-order valence-corrected chi connectivity index (χ4v) is 3.96. The molecule has 5 rings (SSSR count). The van der Waals surface area contributed by atoms with Gasteiger partial charge in [-0.25, -0.2) is 9.50 Å². The van der Waals surface area contributed by atoms with Gasteiger partial charge in [0.25, 0.3) is 5.56 Å². The molecule has 0 aliphatic heterocycles. The molecule has 176 valence electrons. The minimum atomic E-state index is -4.79. The number of halogens is 5. The normalized spacial score (nSPS) is 11.7. The maximum absolute atomic E-state index is 13.9. The Kier molecular flexibility index (Phi) is 5.78. The van der Waals surface area contributed by atoms with Gasteiger partial charge >= 0.3 is 6.18 Å². The average molecular weight is 516 g/mol. The van der Waals surface area contributed by atoms with E-state index in [0.717, 1.165) is 10.6 Å². The molecule has 0 saturated heterocycles. The number of hydrogen-bond acceptors (Lipinski definition) is 3. The lowest BCUT2D eigenvalue weighted by Gasteiger charge is -2.09. The van der Waals surface area contributed by atoms with Crippen LogP contribution < -0.4 is 10.3 Å². The Balaban J connectivity index is 1.69. The molecule has 0 atom stereocenters. The zero-order valence-corrected chi connectivity index (χ0v) is 19.1. The monoisotopic (exact) mass is 515 g/mol. The SMILES string of the molecule is O=c1cc(-c2cccc(Oc3ccccc3)c2)nc2c(-c3ccc(Cl)c(Cl)c3)c(C(F)(F)F)[nH]n12. The highest BCUT2D eigenvalue weighted by atomic mass is 35.5. The Morgan fingerprint density at radius 3 is 2.29 bits per heavy atom. The Morgan fingerprint density at radius 1 is 0.829 bits per heavy atom. The Bertz CT molecular complexity index is 1610. The minimum absolute atomic E-state index is 0.0703. The molecule has 35 heavy (non-hydrogen) atoms. The summed E-state index contributed by atoms with van der Waals surface area (Å²) in [7, 11) is 0. The van der Waals surface area contributed by atoms with Gasteiger partial charge in [-0.05, 0) is 42.0 Å². The second-order valence-corrected chi connectivity index (χ2v) is 8.38. The number of benzene rings is 3. The molecule has 0 aliphatic carbocycles. The van der Waals surface area contributed by atoms with E-state index in [1.54, 1.807) is 36.4 Å². The fourth-order valence-electron chi connectivity index (χ4n) is 3.66. The first kappa shape index (κ1) is 23.0. The molecular weight excluding hydrogens is 502 g/mol. The number of rotatable bonds is 4. The van der Waals surface area contributed by atoms with Crippen LogP contribution in [0.2, 0.25) is 10.0 Å². The molecule has 0 radical (unpaired) electrons. The number of hydrogen-bond donors (Lipinski definition) is 1. The third kappa shape index (κ3) is 4.50. The van der Waals surface area contributed by atoms with Crippen LogP contribution in [0.1, 0.15) is 5.69 Å². The smallest absolute Gasteiger partial charge is 0.433 e. The van der Waals surface area contributed by atoms with E-state index in [9.17, 15) is 18.0 Å². The van der Waals surface area contributed by atoms with Crippen LogP contribution in [0.4, 0.5) is 13.2 Å². The summed E-state index contributed by atoms with van der Waals surface area (Å²) in [5.41, 5.74) is -1.57. The van der Waals surface area contributed by atoms with E-state index in [1.165, 1.54) is 18.2 Å². The molecule has 3 aromatic carbocycles. The molecule has 2 heterocycles. The summed E-state index contributed by atoms with van der Waals surface area (Å²) in [6.45, 7) is 0. The van der Waals surface area contributed by atoms with Crippen molar-refractivity contribution in [2.45, 2.75) is 6.18 Å². The Hall–Kier alpha value is -3.75. The number of aromatic nitrogens is 3. The molecule has 5 aromatic rings. The summed E-state index contributed by atoms with van der Waals surface area (Å²) < 4.78 is 48.3. The number of fused-ring (bicyclic) bond motifs is 1. The lowest BCUT2D eigenvalue weighted by molar-refractivity contribution is -0.140. The average Bonchev–Trinajstić information content (AvgIpc) is 3.23. The largest absolute Gasteiger partial charge is 0.457 e. The maximum Gasteiger partial charge on any atom is 0.433 e. The van der Waals surface area contributed by atoms with Gasteiger partial charge in [0.05, 0.1) is 21.3 Å². The number of ether oxygens (including phenoxy) is 1. The molecule has 2 aromatic heterocycles. The van der Waals surface area contributed by atoms with Crippen molar-refractivity contribution in [3.8, 4) is 33.9 Å². The quantitative estimate of drug-likeness (QED) is 0.270. The molecule has 0 spiro atoms. The van der Waals surface area contributed by atoms with Crippen LogP contribution in [-0.2, 0) is 6.18 Å². The van der Waals surface area contributed by atoms with Gasteiger partial charge in [0.15, 0.2) is 5.65 Å². The van der Waals surface area contributed by atoms with Crippen LogP contribution in [0.25, 0.3) is 28.0 Å². The van der Waals surface area contributed by atoms with Gasteiger partial charge in [-0.3, -0.25) is 9.89 Å². The van der Waals surface area contributed by atoms with Crippen molar-refractivity contribution >= 4 is 28.8 Å². The number of para-hydroxylation sites is 1. The van der Waals surface area contributed by atoms with Crippen molar-refractivity contribution in [1.82, 2.24) is 14.6 Å². The third-order valence-corrected chi connectivity index (χ3v) is 5.96. The number of alkyl halides is 3. The van der Waals surface area contributed by atoms with Gasteiger partial charge in [0.2, 0.25) is 0 Å². The third-order valence-electron chi connectivity index (χ3n) is 5.22. The van der Waals surface area contributed by atoms with E-state index in [-0.39, 0.29) is 32.5 Å². The van der Waals surface area contributed by atoms with Crippen molar-refractivity contribution in [2.75, 3.05) is 0 Å². The van der Waals surface area contributed by atoms with Crippen LogP contribution in [-0.4, -0.2) is 14.6 Å². The van der Waals surface area contributed by atoms with Crippen LogP contribution >= 0.6 is 23.2 Å². The molecule has 0 unspecified atom stereocenters. The van der Waals surface area contributed by atoms with E-state index in [0.29, 0.717) is 17.1 Å². The predicted molar refractivity (Wildman–Crippen MR) is 128 cm³/mol. The number of nitrogens with one attached hydrogen (secondary N) is 1. The summed E-state index contributed by atoms with van der Waals surface area (Å²) in [6.07, 6.45) is -4.79. The van der Waals surface area contributed by atoms with Crippen molar-refractivity contribution in [3.05, 3.63) is 105 Å². The second kappa shape index (κ2) is 8.79. The maximum atomic E-state index is 13.9. The van der Waals surface area contributed by atoms with E-state index in [4.69, 9.17) is 27.9 Å². The highest BCUT2D eigenvalue weighted by Crippen LogP contribution is 2.40. The van der Waals surface area contributed by atoms with Gasteiger partial charge < -0.3 is 4.74 Å². The number of aromatic amines is 1. The standard InChI is InChI=1S/C25H14Cl2F3N3O2/c26-18-10-9-15(12-19(18)27)22-23(25(28,29)30)32-33-21(34)13-20(31-24(22)33)14-5-4-8-17(11-14)35-16-6-2-1-3-7-16/h1-13,32H. The molecule has 10 heteroatoms. The van der Waals surface area contributed by atoms with Gasteiger partial charge in [-0.1, -0.05) is 59.6 Å². The lowest BCUT2D eigenvalue weighted by Crippen LogP contribution is -2.15. The highest BCUT2D eigenvalue weighted by molar-refractivity contribution is 6.42. The van der Waals surface area contributed by atoms with Crippen molar-refractivity contribution in [1.29, 1.82) is 0 Å². The number of nitrogens with zero attached hydrogens (tertiary/aromatic N) is 2. The summed E-state index contributed by atoms with van der Waals surface area (Å²) in [5, 5.41) is 2.40. The van der Waals surface area contributed by atoms with E-state index >= 15 is 0 Å². The highest BCUT2D eigenvalue weighted by Gasteiger charge is 2.38. The van der Waals surface area contributed by atoms with E-state index in [1.807, 2.05) is 18.2 Å². The zero-order valence-electron chi connectivity index (χ0n) is 17.6. The molecule has 0 saturated carbocycles. The summed E-state index contributed by atoms with van der Waals surface area (Å²) in [6, 6.07) is 21.1. The Labute approximate surface area is 206 Å². The molecule has 1 N–H and O–H groups in total. The summed E-state index contributed by atoms with van der Waals surface area (Å²) >= 11 is 12.0. The first-order valence-corrected chi connectivity index (χ1v) is 11.0. The minimum Gasteiger partial charge on any atom is -0.457 e. The van der Waals surface area contributed by atoms with Gasteiger partial charge in [0.1, 0.15) is 17.2 Å². The van der Waals surface area contributed by atoms with Crippen molar-refractivity contribution in [2.24, 2.45) is 0 Å². The van der Waals surface area contributed by atoms with Crippen LogP contribution in [0, 0.1) is 0 Å². The van der Waals surface area contributed by atoms with Crippen LogP contribution in [0.5, 0.6) is 11.5 Å². The molecular formula is C25H14Cl2F3N3O2. The van der Waals surface area contributed by atoms with Crippen molar-refractivity contribution < 1.29 is 17.9 Å². The lowest BCUT2D eigenvalue weighted by atomic mass is 10.1. The van der Waals surface area contributed by atoms with Crippen LogP contribution in [0.15, 0.2) is 83.7 Å². The van der Waals surface area contributed by atoms with Gasteiger partial charge in [-0.2, -0.15) is 13.2 Å². The number of H-pyrrole nitrogens is 1. The molecule has 0 aliphatic rings. The van der Waals surface area contributed by atoms with Gasteiger partial charge in [-0.15, -0.1) is 0 Å².